The van der Waals surface area contributed by atoms with Crippen molar-refractivity contribution < 1.29 is 14.3 Å². The summed E-state index contributed by atoms with van der Waals surface area (Å²) in [5.74, 6) is 0.307. The third-order valence-electron chi connectivity index (χ3n) is 4.50. The van der Waals surface area contributed by atoms with Crippen molar-refractivity contribution in [2.75, 3.05) is 46.0 Å². The van der Waals surface area contributed by atoms with Crippen LogP contribution in [0.5, 0.6) is 0 Å². The van der Waals surface area contributed by atoms with Gasteiger partial charge in [-0.25, -0.2) is 9.79 Å². The van der Waals surface area contributed by atoms with Crippen molar-refractivity contribution in [2.45, 2.75) is 12.8 Å². The van der Waals surface area contributed by atoms with E-state index in [4.69, 9.17) is 9.47 Å². The Labute approximate surface area is 147 Å². The van der Waals surface area contributed by atoms with E-state index in [2.05, 4.69) is 20.5 Å². The van der Waals surface area contributed by atoms with Gasteiger partial charge in [0.1, 0.15) is 11.8 Å². The fraction of sp³-hybridized carbons (Fsp3) is 0.588. The molecule has 3 aliphatic heterocycles. The Balaban J connectivity index is 1.71. The van der Waals surface area contributed by atoms with Crippen LogP contribution in [0.4, 0.5) is 0 Å². The van der Waals surface area contributed by atoms with Gasteiger partial charge >= 0.3 is 5.97 Å². The summed E-state index contributed by atoms with van der Waals surface area (Å²) in [6.07, 6.45) is 4.99. The van der Waals surface area contributed by atoms with Crippen molar-refractivity contribution in [1.82, 2.24) is 15.5 Å². The Bertz CT molecular complexity index is 623. The Kier molecular flexibility index (Phi) is 6.04. The van der Waals surface area contributed by atoms with Gasteiger partial charge in [0.15, 0.2) is 11.4 Å². The minimum atomic E-state index is -0.602. The van der Waals surface area contributed by atoms with Crippen molar-refractivity contribution in [1.29, 1.82) is 5.26 Å². The standard InChI is InChI=1S/C17H23N5O3/c18-11-14(17(23)25-12-13-1-9-24-10-2-13)15-16(21-4-3-20-15)22-7-5-19-6-8-22/h3-4,13,19-20H,1-2,5-10,12H2/b15-14-. The molecule has 2 saturated heterocycles. The van der Waals surface area contributed by atoms with Crippen LogP contribution in [0.3, 0.4) is 0 Å². The first-order chi connectivity index (χ1) is 12.3. The first kappa shape index (κ1) is 17.5. The summed E-state index contributed by atoms with van der Waals surface area (Å²) in [6.45, 7) is 4.93. The highest BCUT2D eigenvalue weighted by molar-refractivity contribution is 6.08. The molecule has 3 heterocycles. The van der Waals surface area contributed by atoms with Gasteiger partial charge in [-0.1, -0.05) is 0 Å². The number of nitrogens with one attached hydrogen (secondary N) is 2. The molecule has 0 radical (unpaired) electrons. The van der Waals surface area contributed by atoms with E-state index in [1.54, 1.807) is 12.4 Å². The summed E-state index contributed by atoms with van der Waals surface area (Å²) in [6, 6.07) is 1.99. The smallest absolute Gasteiger partial charge is 0.351 e. The number of carbonyl (C=O) groups excluding carboxylic acids is 1. The van der Waals surface area contributed by atoms with Gasteiger partial charge < -0.3 is 25.0 Å². The second-order valence-corrected chi connectivity index (χ2v) is 6.17. The summed E-state index contributed by atoms with van der Waals surface area (Å²) in [5, 5.41) is 15.8. The molecule has 0 spiro atoms. The normalized spacial score (nSPS) is 23.3. The van der Waals surface area contributed by atoms with Crippen molar-refractivity contribution in [3.05, 3.63) is 23.7 Å². The van der Waals surface area contributed by atoms with Gasteiger partial charge in [0.25, 0.3) is 0 Å². The van der Waals surface area contributed by atoms with E-state index in [-0.39, 0.29) is 5.57 Å². The van der Waals surface area contributed by atoms with E-state index in [1.807, 2.05) is 6.07 Å². The molecule has 0 aromatic rings. The largest absolute Gasteiger partial charge is 0.461 e. The lowest BCUT2D eigenvalue weighted by atomic mass is 10.0. The summed E-state index contributed by atoms with van der Waals surface area (Å²) in [7, 11) is 0. The van der Waals surface area contributed by atoms with Crippen LogP contribution in [0.15, 0.2) is 28.7 Å². The van der Waals surface area contributed by atoms with Crippen LogP contribution in [0.2, 0.25) is 0 Å². The zero-order chi connectivity index (χ0) is 17.5. The molecule has 0 aliphatic carbocycles. The minimum Gasteiger partial charge on any atom is -0.461 e. The number of carbonyl (C=O) groups is 1. The molecule has 2 N–H and O–H groups in total. The highest BCUT2D eigenvalue weighted by Crippen LogP contribution is 2.17. The maximum Gasteiger partial charge on any atom is 0.351 e. The van der Waals surface area contributed by atoms with E-state index >= 15 is 0 Å². The SMILES string of the molecule is N#C/C(C(=O)OCC1CCOCC1)=C1/NC=CN=C1N1CCNCC1. The van der Waals surface area contributed by atoms with Crippen molar-refractivity contribution in [3.63, 3.8) is 0 Å². The van der Waals surface area contributed by atoms with Gasteiger partial charge in [-0.3, -0.25) is 0 Å². The molecule has 3 aliphatic rings. The number of esters is 1. The summed E-state index contributed by atoms with van der Waals surface area (Å²) < 4.78 is 10.7. The van der Waals surface area contributed by atoms with Gasteiger partial charge in [0.2, 0.25) is 0 Å². The first-order valence-corrected chi connectivity index (χ1v) is 8.64. The Morgan fingerprint density at radius 2 is 2.16 bits per heavy atom. The van der Waals surface area contributed by atoms with E-state index in [1.165, 1.54) is 0 Å². The van der Waals surface area contributed by atoms with Crippen molar-refractivity contribution in [3.8, 4) is 6.07 Å². The molecule has 25 heavy (non-hydrogen) atoms. The van der Waals surface area contributed by atoms with Crippen LogP contribution >= 0.6 is 0 Å². The van der Waals surface area contributed by atoms with Crippen LogP contribution in [0.1, 0.15) is 12.8 Å². The summed E-state index contributed by atoms with van der Waals surface area (Å²) >= 11 is 0. The number of hydrogen-bond acceptors (Lipinski definition) is 8. The monoisotopic (exact) mass is 345 g/mol. The number of nitrogens with zero attached hydrogens (tertiary/aromatic N) is 3. The maximum atomic E-state index is 12.5. The fourth-order valence-corrected chi connectivity index (χ4v) is 3.04. The van der Waals surface area contributed by atoms with Gasteiger partial charge in [-0.2, -0.15) is 5.26 Å². The third-order valence-corrected chi connectivity index (χ3v) is 4.50. The zero-order valence-electron chi connectivity index (χ0n) is 14.2. The third kappa shape index (κ3) is 4.38. The average Bonchev–Trinajstić information content (AvgIpc) is 2.69. The number of aliphatic imine (C=N–C) groups is 1. The van der Waals surface area contributed by atoms with E-state index in [0.717, 1.165) is 39.0 Å². The van der Waals surface area contributed by atoms with Crippen LogP contribution in [-0.2, 0) is 14.3 Å². The molecule has 0 aromatic heterocycles. The number of piperazine rings is 1. The fourth-order valence-electron chi connectivity index (χ4n) is 3.04. The number of amidine groups is 1. The molecule has 0 bridgehead atoms. The van der Waals surface area contributed by atoms with E-state index < -0.39 is 5.97 Å². The molecule has 8 heteroatoms. The molecular formula is C17H23N5O3. The van der Waals surface area contributed by atoms with Crippen LogP contribution in [0.25, 0.3) is 0 Å². The van der Waals surface area contributed by atoms with Gasteiger partial charge in [-0.15, -0.1) is 0 Å². The molecule has 0 atom stereocenters. The molecule has 134 valence electrons. The predicted molar refractivity (Wildman–Crippen MR) is 91.3 cm³/mol. The number of nitriles is 1. The molecule has 0 aromatic carbocycles. The quantitative estimate of drug-likeness (QED) is 0.425. The van der Waals surface area contributed by atoms with E-state index in [0.29, 0.717) is 37.3 Å². The predicted octanol–water partition coefficient (Wildman–Crippen LogP) is 0.112. The summed E-state index contributed by atoms with van der Waals surface area (Å²) in [5.41, 5.74) is 0.387. The molecular weight excluding hydrogens is 322 g/mol. The number of rotatable bonds is 3. The van der Waals surface area contributed by atoms with Crippen LogP contribution in [0, 0.1) is 17.2 Å². The highest BCUT2D eigenvalue weighted by atomic mass is 16.5. The lowest BCUT2D eigenvalue weighted by Crippen LogP contribution is -2.48. The Morgan fingerprint density at radius 1 is 1.40 bits per heavy atom. The molecule has 0 saturated carbocycles. The zero-order valence-corrected chi connectivity index (χ0v) is 14.2. The maximum absolute atomic E-state index is 12.5. The second kappa shape index (κ2) is 8.65. The number of hydrogen-bond donors (Lipinski definition) is 2. The Hall–Kier alpha value is -2.37. The average molecular weight is 345 g/mol. The van der Waals surface area contributed by atoms with Crippen molar-refractivity contribution >= 4 is 11.8 Å². The van der Waals surface area contributed by atoms with Gasteiger partial charge in [0, 0.05) is 51.8 Å². The number of ether oxygens (including phenoxy) is 2. The van der Waals surface area contributed by atoms with Gasteiger partial charge in [-0.05, 0) is 18.8 Å². The molecule has 8 nitrogen and oxygen atoms in total. The Morgan fingerprint density at radius 3 is 2.88 bits per heavy atom. The van der Waals surface area contributed by atoms with E-state index in [9.17, 15) is 10.1 Å². The first-order valence-electron chi connectivity index (χ1n) is 8.64. The molecule has 0 unspecified atom stereocenters. The van der Waals surface area contributed by atoms with Crippen LogP contribution < -0.4 is 10.6 Å². The lowest BCUT2D eigenvalue weighted by Gasteiger charge is -2.32. The molecule has 3 rings (SSSR count). The van der Waals surface area contributed by atoms with Crippen LogP contribution in [-0.4, -0.2) is 62.7 Å². The van der Waals surface area contributed by atoms with Gasteiger partial charge in [0.05, 0.1) is 6.61 Å². The molecule has 0 amide bonds. The highest BCUT2D eigenvalue weighted by Gasteiger charge is 2.27. The second-order valence-electron chi connectivity index (χ2n) is 6.17. The minimum absolute atomic E-state index is 0.0336. The van der Waals surface area contributed by atoms with Crippen molar-refractivity contribution in [2.24, 2.45) is 10.9 Å². The topological polar surface area (TPSA) is 99.0 Å². The lowest BCUT2D eigenvalue weighted by molar-refractivity contribution is -0.140. The molecule has 2 fully saturated rings. The summed E-state index contributed by atoms with van der Waals surface area (Å²) in [4.78, 5) is 18.9.